The van der Waals surface area contributed by atoms with Crippen LogP contribution in [0, 0.1) is 0 Å². The molecule has 1 aromatic carbocycles. The summed E-state index contributed by atoms with van der Waals surface area (Å²) in [6, 6.07) is 12.9. The first kappa shape index (κ1) is 14.1. The van der Waals surface area contributed by atoms with Crippen molar-refractivity contribution >= 4 is 11.6 Å². The second kappa shape index (κ2) is 6.71. The average molecular weight is 297 g/mol. The Bertz CT molecular complexity index is 720. The van der Waals surface area contributed by atoms with Crippen LogP contribution in [0.3, 0.4) is 0 Å². The fourth-order valence-electron chi connectivity index (χ4n) is 2.01. The molecule has 1 amide bonds. The minimum absolute atomic E-state index is 0.0306. The Labute approximate surface area is 127 Å². The van der Waals surface area contributed by atoms with E-state index in [2.05, 4.69) is 15.5 Å². The molecule has 2 aromatic heterocycles. The Kier molecular flexibility index (Phi) is 4.29. The summed E-state index contributed by atoms with van der Waals surface area (Å²) in [5, 5.41) is 6.68. The van der Waals surface area contributed by atoms with Gasteiger partial charge in [0.1, 0.15) is 0 Å². The molecule has 0 radical (unpaired) electrons. The highest BCUT2D eigenvalue weighted by Crippen LogP contribution is 2.16. The molecule has 1 N–H and O–H groups in total. The molecule has 6 heteroatoms. The van der Waals surface area contributed by atoms with E-state index in [9.17, 15) is 4.79 Å². The van der Waals surface area contributed by atoms with Crippen LogP contribution in [0.25, 0.3) is 11.6 Å². The van der Waals surface area contributed by atoms with E-state index in [0.717, 1.165) is 5.69 Å². The minimum Gasteiger partial charge on any atom is -0.461 e. The molecule has 3 aromatic rings. The Morgan fingerprint density at radius 3 is 2.77 bits per heavy atom. The minimum atomic E-state index is -0.0306. The van der Waals surface area contributed by atoms with Crippen molar-refractivity contribution in [2.24, 2.45) is 0 Å². The highest BCUT2D eigenvalue weighted by molar-refractivity contribution is 5.90. The smallest absolute Gasteiger partial charge is 0.238 e. The number of hydrogen-bond acceptors (Lipinski definition) is 5. The lowest BCUT2D eigenvalue weighted by atomic mass is 10.2. The summed E-state index contributed by atoms with van der Waals surface area (Å²) in [4.78, 5) is 16.0. The van der Waals surface area contributed by atoms with Gasteiger partial charge in [-0.1, -0.05) is 23.4 Å². The number of nitrogens with zero attached hydrogens (tertiary/aromatic N) is 2. The van der Waals surface area contributed by atoms with E-state index >= 15 is 0 Å². The summed E-state index contributed by atoms with van der Waals surface area (Å²) in [5.74, 6) is 1.46. The predicted molar refractivity (Wildman–Crippen MR) is 80.0 cm³/mol. The molecular weight excluding hydrogens is 282 g/mol. The maximum absolute atomic E-state index is 11.8. The van der Waals surface area contributed by atoms with Crippen LogP contribution in [-0.4, -0.2) is 16.0 Å². The molecule has 0 saturated carbocycles. The summed E-state index contributed by atoms with van der Waals surface area (Å²) in [7, 11) is 0. The van der Waals surface area contributed by atoms with Crippen molar-refractivity contribution in [1.29, 1.82) is 0 Å². The van der Waals surface area contributed by atoms with E-state index in [-0.39, 0.29) is 5.91 Å². The topological polar surface area (TPSA) is 81.2 Å². The molecule has 0 unspecified atom stereocenters. The van der Waals surface area contributed by atoms with Crippen LogP contribution in [0.4, 0.5) is 5.69 Å². The molecule has 2 heterocycles. The number of para-hydroxylation sites is 1. The lowest BCUT2D eigenvalue weighted by Gasteiger charge is -2.03. The van der Waals surface area contributed by atoms with Gasteiger partial charge in [-0.25, -0.2) is 0 Å². The zero-order valence-electron chi connectivity index (χ0n) is 11.9. The van der Waals surface area contributed by atoms with Crippen LogP contribution < -0.4 is 5.32 Å². The van der Waals surface area contributed by atoms with Gasteiger partial charge in [0.05, 0.1) is 6.26 Å². The van der Waals surface area contributed by atoms with Gasteiger partial charge in [-0.05, 0) is 30.7 Å². The average Bonchev–Trinajstić information content (AvgIpc) is 3.19. The third-order valence-electron chi connectivity index (χ3n) is 3.06. The lowest BCUT2D eigenvalue weighted by Crippen LogP contribution is -2.11. The number of nitrogens with one attached hydrogen (secondary N) is 1. The normalized spacial score (nSPS) is 10.5. The van der Waals surface area contributed by atoms with Crippen LogP contribution >= 0.6 is 0 Å². The molecule has 0 spiro atoms. The number of furan rings is 1. The first-order chi connectivity index (χ1) is 10.8. The Hall–Kier alpha value is -2.89. The summed E-state index contributed by atoms with van der Waals surface area (Å²) in [6.07, 6.45) is 3.14. The molecular formula is C16H15N3O3. The highest BCUT2D eigenvalue weighted by atomic mass is 16.5. The van der Waals surface area contributed by atoms with Crippen molar-refractivity contribution < 1.29 is 13.7 Å². The van der Waals surface area contributed by atoms with E-state index < -0.39 is 0 Å². The van der Waals surface area contributed by atoms with Crippen molar-refractivity contribution in [3.63, 3.8) is 0 Å². The van der Waals surface area contributed by atoms with Crippen LogP contribution in [0.2, 0.25) is 0 Å². The number of aryl methyl sites for hydroxylation is 1. The van der Waals surface area contributed by atoms with Crippen molar-refractivity contribution in [2.75, 3.05) is 5.32 Å². The summed E-state index contributed by atoms with van der Waals surface area (Å²) in [6.45, 7) is 0. The van der Waals surface area contributed by atoms with Crippen molar-refractivity contribution in [3.8, 4) is 11.6 Å². The van der Waals surface area contributed by atoms with Gasteiger partial charge in [0.15, 0.2) is 5.76 Å². The molecule has 112 valence electrons. The Morgan fingerprint density at radius 2 is 2.00 bits per heavy atom. The van der Waals surface area contributed by atoms with Crippen LogP contribution in [-0.2, 0) is 11.2 Å². The fourth-order valence-corrected chi connectivity index (χ4v) is 2.01. The largest absolute Gasteiger partial charge is 0.461 e. The molecule has 6 nitrogen and oxygen atoms in total. The van der Waals surface area contributed by atoms with Gasteiger partial charge in [-0.15, -0.1) is 0 Å². The predicted octanol–water partition coefficient (Wildman–Crippen LogP) is 3.29. The molecule has 0 atom stereocenters. The number of hydrogen-bond donors (Lipinski definition) is 1. The molecule has 0 saturated heterocycles. The van der Waals surface area contributed by atoms with Crippen LogP contribution in [0.15, 0.2) is 57.7 Å². The maximum atomic E-state index is 11.8. The molecule has 0 aliphatic carbocycles. The monoisotopic (exact) mass is 297 g/mol. The second-order valence-electron chi connectivity index (χ2n) is 4.76. The zero-order valence-corrected chi connectivity index (χ0v) is 11.9. The van der Waals surface area contributed by atoms with Gasteiger partial charge >= 0.3 is 0 Å². The fraction of sp³-hybridized carbons (Fsp3) is 0.188. The van der Waals surface area contributed by atoms with E-state index in [1.165, 1.54) is 0 Å². The summed E-state index contributed by atoms with van der Waals surface area (Å²) >= 11 is 0. The van der Waals surface area contributed by atoms with Gasteiger partial charge in [-0.2, -0.15) is 4.98 Å². The Balaban J connectivity index is 1.46. The van der Waals surface area contributed by atoms with Crippen molar-refractivity contribution in [2.45, 2.75) is 19.3 Å². The van der Waals surface area contributed by atoms with Gasteiger partial charge < -0.3 is 14.3 Å². The second-order valence-corrected chi connectivity index (χ2v) is 4.76. The van der Waals surface area contributed by atoms with Gasteiger partial charge in [0.25, 0.3) is 0 Å². The van der Waals surface area contributed by atoms with E-state index in [0.29, 0.717) is 36.7 Å². The summed E-state index contributed by atoms with van der Waals surface area (Å²) < 4.78 is 10.3. The lowest BCUT2D eigenvalue weighted by molar-refractivity contribution is -0.116. The first-order valence-electron chi connectivity index (χ1n) is 7.02. The molecule has 0 fully saturated rings. The van der Waals surface area contributed by atoms with Crippen LogP contribution in [0.5, 0.6) is 0 Å². The quantitative estimate of drug-likeness (QED) is 0.755. The SMILES string of the molecule is O=C(CCCc1nc(-c2ccco2)no1)Nc1ccccc1. The van der Waals surface area contributed by atoms with E-state index in [1.54, 1.807) is 18.4 Å². The maximum Gasteiger partial charge on any atom is 0.238 e. The first-order valence-corrected chi connectivity index (χ1v) is 7.02. The molecule has 22 heavy (non-hydrogen) atoms. The van der Waals surface area contributed by atoms with E-state index in [4.69, 9.17) is 8.94 Å². The number of rotatable bonds is 6. The molecule has 0 aliphatic rings. The van der Waals surface area contributed by atoms with Crippen molar-refractivity contribution in [3.05, 3.63) is 54.6 Å². The number of amides is 1. The van der Waals surface area contributed by atoms with Gasteiger partial charge in [0, 0.05) is 18.5 Å². The number of anilines is 1. The number of benzene rings is 1. The Morgan fingerprint density at radius 1 is 1.14 bits per heavy atom. The molecule has 0 bridgehead atoms. The highest BCUT2D eigenvalue weighted by Gasteiger charge is 2.11. The third-order valence-corrected chi connectivity index (χ3v) is 3.06. The zero-order chi connectivity index (χ0) is 15.2. The van der Waals surface area contributed by atoms with Gasteiger partial charge in [-0.3, -0.25) is 4.79 Å². The van der Waals surface area contributed by atoms with Crippen LogP contribution in [0.1, 0.15) is 18.7 Å². The van der Waals surface area contributed by atoms with E-state index in [1.807, 2.05) is 30.3 Å². The number of carbonyl (C=O) groups is 1. The van der Waals surface area contributed by atoms with Gasteiger partial charge in [0.2, 0.25) is 17.6 Å². The molecule has 0 aliphatic heterocycles. The molecule has 3 rings (SSSR count). The number of aromatic nitrogens is 2. The third kappa shape index (κ3) is 3.60. The summed E-state index contributed by atoms with van der Waals surface area (Å²) in [5.41, 5.74) is 0.797. The van der Waals surface area contributed by atoms with Crippen molar-refractivity contribution in [1.82, 2.24) is 10.1 Å². The standard InChI is InChI=1S/C16H15N3O3/c20-14(17-12-6-2-1-3-7-12)9-4-10-15-18-16(19-22-15)13-8-5-11-21-13/h1-3,5-8,11H,4,9-10H2,(H,17,20). The number of carbonyl (C=O) groups excluding carboxylic acids is 1.